The molecule has 0 amide bonds. The van der Waals surface area contributed by atoms with E-state index in [0.717, 1.165) is 0 Å². The maximum Gasteiger partial charge on any atom is 0.302 e. The average molecular weight is 402 g/mol. The number of hydrogen-bond acceptors (Lipinski definition) is 10. The van der Waals surface area contributed by atoms with Crippen molar-refractivity contribution in [3.05, 3.63) is 12.3 Å². The first kappa shape index (κ1) is 20.0. The van der Waals surface area contributed by atoms with Crippen molar-refractivity contribution in [1.82, 2.24) is 0 Å². The molecule has 1 unspecified atom stereocenters. The molecular weight excluding hydrogens is 376 g/mol. The molecule has 11 atom stereocenters. The molecule has 10 nitrogen and oxygen atoms in total. The van der Waals surface area contributed by atoms with Gasteiger partial charge in [-0.25, -0.2) is 0 Å². The van der Waals surface area contributed by atoms with E-state index < -0.39 is 61.1 Å². The molecular formula is C18H26O10. The van der Waals surface area contributed by atoms with Crippen LogP contribution in [0.5, 0.6) is 0 Å². The molecule has 4 rings (SSSR count). The van der Waals surface area contributed by atoms with Crippen molar-refractivity contribution in [3.63, 3.8) is 0 Å². The van der Waals surface area contributed by atoms with Gasteiger partial charge < -0.3 is 44.5 Å². The van der Waals surface area contributed by atoms with Crippen LogP contribution in [0.1, 0.15) is 13.3 Å². The van der Waals surface area contributed by atoms with Crippen LogP contribution in [-0.4, -0.2) is 87.8 Å². The highest BCUT2D eigenvalue weighted by Gasteiger charge is 2.74. The molecule has 4 aliphatic rings. The lowest BCUT2D eigenvalue weighted by Gasteiger charge is -2.43. The highest BCUT2D eigenvalue weighted by molar-refractivity contribution is 5.66. The van der Waals surface area contributed by atoms with E-state index in [4.69, 9.17) is 18.9 Å². The average Bonchev–Trinajstić information content (AvgIpc) is 3.36. The Hall–Kier alpha value is -1.27. The molecule has 0 aromatic carbocycles. The quantitative estimate of drug-likeness (QED) is 0.321. The largest absolute Gasteiger partial charge is 0.472 e. The van der Waals surface area contributed by atoms with Gasteiger partial charge in [-0.2, -0.15) is 0 Å². The maximum atomic E-state index is 11.3. The van der Waals surface area contributed by atoms with Crippen molar-refractivity contribution in [2.45, 2.75) is 56.4 Å². The van der Waals surface area contributed by atoms with Gasteiger partial charge in [0.05, 0.1) is 25.6 Å². The van der Waals surface area contributed by atoms with Crippen LogP contribution >= 0.6 is 0 Å². The summed E-state index contributed by atoms with van der Waals surface area (Å²) in [4.78, 5) is 11.3. The molecule has 3 fully saturated rings. The van der Waals surface area contributed by atoms with Gasteiger partial charge in [-0.15, -0.1) is 0 Å². The van der Waals surface area contributed by atoms with E-state index in [1.807, 2.05) is 0 Å². The standard InChI is InChI=1S/C18H26O10/c1-7(20)26-6-18-4-9(18)12(21)8-2-3-25-16(11(8)18)28-17-15(24)14(23)13(22)10(5-19)27-17/h2-3,8-17,19,21-24H,4-6H2,1H3/t8-,9?,10-,11-,12+,13-,14-,15-,16+,17+,18-/m1/s1. The van der Waals surface area contributed by atoms with Gasteiger partial charge in [-0.1, -0.05) is 0 Å². The van der Waals surface area contributed by atoms with Crippen LogP contribution in [0.15, 0.2) is 12.3 Å². The lowest BCUT2D eigenvalue weighted by Crippen LogP contribution is -2.60. The van der Waals surface area contributed by atoms with E-state index in [-0.39, 0.29) is 24.4 Å². The molecule has 2 heterocycles. The third kappa shape index (κ3) is 3.04. The fraction of sp³-hybridized carbons (Fsp3) is 0.833. The smallest absolute Gasteiger partial charge is 0.302 e. The predicted octanol–water partition coefficient (Wildman–Crippen LogP) is -2.15. The molecule has 158 valence electrons. The van der Waals surface area contributed by atoms with E-state index in [1.54, 1.807) is 6.08 Å². The minimum absolute atomic E-state index is 0.0610. The fourth-order valence-corrected chi connectivity index (χ4v) is 4.97. The zero-order chi connectivity index (χ0) is 20.2. The maximum absolute atomic E-state index is 11.3. The van der Waals surface area contributed by atoms with E-state index in [1.165, 1.54) is 13.2 Å². The molecule has 0 aromatic rings. The van der Waals surface area contributed by atoms with Crippen molar-refractivity contribution < 1.29 is 49.3 Å². The number of aliphatic hydroxyl groups excluding tert-OH is 5. The van der Waals surface area contributed by atoms with Crippen LogP contribution in [0, 0.1) is 23.2 Å². The molecule has 2 aliphatic heterocycles. The van der Waals surface area contributed by atoms with Gasteiger partial charge in [0.2, 0.25) is 6.29 Å². The Labute approximate surface area is 161 Å². The van der Waals surface area contributed by atoms with Crippen LogP contribution in [0.3, 0.4) is 0 Å². The second kappa shape index (κ2) is 7.21. The van der Waals surface area contributed by atoms with Crippen LogP contribution in [-0.2, 0) is 23.7 Å². The zero-order valence-electron chi connectivity index (χ0n) is 15.3. The summed E-state index contributed by atoms with van der Waals surface area (Å²) >= 11 is 0. The number of carbonyl (C=O) groups is 1. The van der Waals surface area contributed by atoms with Gasteiger partial charge in [0, 0.05) is 24.2 Å². The van der Waals surface area contributed by atoms with Crippen LogP contribution in [0.2, 0.25) is 0 Å². The number of carbonyl (C=O) groups excluding carboxylic acids is 1. The van der Waals surface area contributed by atoms with E-state index in [9.17, 15) is 30.3 Å². The van der Waals surface area contributed by atoms with Gasteiger partial charge in [-0.05, 0) is 18.4 Å². The SMILES string of the molecule is CC(=O)OC[C@]12CC1[C@@H](O)[C@@H]1C=CO[C@@H](O[C@@H]3O[C@H](CO)[C@@H](O)[C@@H](O)[C@H]3O)[C@@H]12. The Morgan fingerprint density at radius 3 is 2.57 bits per heavy atom. The minimum atomic E-state index is -1.57. The Kier molecular flexibility index (Phi) is 5.15. The molecule has 0 bridgehead atoms. The van der Waals surface area contributed by atoms with Gasteiger partial charge in [0.25, 0.3) is 0 Å². The monoisotopic (exact) mass is 402 g/mol. The summed E-state index contributed by atoms with van der Waals surface area (Å²) in [5.74, 6) is -1.12. The van der Waals surface area contributed by atoms with Gasteiger partial charge in [-0.3, -0.25) is 4.79 Å². The Morgan fingerprint density at radius 2 is 1.89 bits per heavy atom. The summed E-state index contributed by atoms with van der Waals surface area (Å²) in [5, 5.41) is 50.0. The number of rotatable bonds is 5. The summed E-state index contributed by atoms with van der Waals surface area (Å²) < 4.78 is 22.0. The Morgan fingerprint density at radius 1 is 1.14 bits per heavy atom. The summed E-state index contributed by atoms with van der Waals surface area (Å²) in [6, 6.07) is 0. The van der Waals surface area contributed by atoms with Crippen molar-refractivity contribution in [2.75, 3.05) is 13.2 Å². The van der Waals surface area contributed by atoms with E-state index >= 15 is 0 Å². The number of esters is 1. The normalized spacial score (nSPS) is 51.8. The van der Waals surface area contributed by atoms with Gasteiger partial charge in [0.15, 0.2) is 6.29 Å². The van der Waals surface area contributed by atoms with Crippen molar-refractivity contribution >= 4 is 5.97 Å². The molecule has 2 aliphatic carbocycles. The fourth-order valence-electron chi connectivity index (χ4n) is 4.97. The summed E-state index contributed by atoms with van der Waals surface area (Å²) in [7, 11) is 0. The first-order chi connectivity index (χ1) is 13.3. The van der Waals surface area contributed by atoms with E-state index in [0.29, 0.717) is 6.42 Å². The summed E-state index contributed by atoms with van der Waals surface area (Å²) in [5.41, 5.74) is -0.501. The van der Waals surface area contributed by atoms with Gasteiger partial charge in [0.1, 0.15) is 24.4 Å². The highest BCUT2D eigenvalue weighted by atomic mass is 16.8. The first-order valence-electron chi connectivity index (χ1n) is 9.39. The Bertz CT molecular complexity index is 638. The minimum Gasteiger partial charge on any atom is -0.472 e. The first-order valence-corrected chi connectivity index (χ1v) is 9.39. The number of aliphatic hydroxyl groups is 5. The summed E-state index contributed by atoms with van der Waals surface area (Å²) in [6.45, 7) is 0.868. The molecule has 0 radical (unpaired) electrons. The van der Waals surface area contributed by atoms with Crippen LogP contribution in [0.4, 0.5) is 0 Å². The molecule has 0 aromatic heterocycles. The highest BCUT2D eigenvalue weighted by Crippen LogP contribution is 2.70. The second-order valence-corrected chi connectivity index (χ2v) is 8.08. The van der Waals surface area contributed by atoms with Crippen molar-refractivity contribution in [3.8, 4) is 0 Å². The Balaban J connectivity index is 1.53. The lowest BCUT2D eigenvalue weighted by atomic mass is 9.81. The number of ether oxygens (including phenoxy) is 4. The summed E-state index contributed by atoms with van der Waals surface area (Å²) in [6.07, 6.45) is -4.85. The second-order valence-electron chi connectivity index (χ2n) is 8.08. The third-order valence-electron chi connectivity index (χ3n) is 6.53. The predicted molar refractivity (Wildman–Crippen MR) is 89.0 cm³/mol. The third-order valence-corrected chi connectivity index (χ3v) is 6.53. The lowest BCUT2D eigenvalue weighted by molar-refractivity contribution is -0.344. The van der Waals surface area contributed by atoms with Gasteiger partial charge >= 0.3 is 5.97 Å². The molecule has 0 spiro atoms. The molecule has 2 saturated carbocycles. The zero-order valence-corrected chi connectivity index (χ0v) is 15.3. The van der Waals surface area contributed by atoms with Crippen molar-refractivity contribution in [1.29, 1.82) is 0 Å². The molecule has 1 saturated heterocycles. The van der Waals surface area contributed by atoms with Crippen molar-refractivity contribution in [2.24, 2.45) is 23.2 Å². The molecule has 10 heteroatoms. The van der Waals surface area contributed by atoms with E-state index in [2.05, 4.69) is 0 Å². The number of hydrogen-bond donors (Lipinski definition) is 5. The molecule has 28 heavy (non-hydrogen) atoms. The molecule has 5 N–H and O–H groups in total. The topological polar surface area (TPSA) is 155 Å². The number of fused-ring (bicyclic) bond motifs is 3. The van der Waals surface area contributed by atoms with Crippen LogP contribution < -0.4 is 0 Å². The van der Waals surface area contributed by atoms with Crippen LogP contribution in [0.25, 0.3) is 0 Å².